The summed E-state index contributed by atoms with van der Waals surface area (Å²) >= 11 is 0. The third kappa shape index (κ3) is 5.32. The third-order valence-corrected chi connectivity index (χ3v) is 5.88. The van der Waals surface area contributed by atoms with Gasteiger partial charge in [0.25, 0.3) is 11.6 Å². The summed E-state index contributed by atoms with van der Waals surface area (Å²) in [6.45, 7) is 7.24. The molecule has 1 amide bonds. The van der Waals surface area contributed by atoms with Gasteiger partial charge in [0.1, 0.15) is 0 Å². The van der Waals surface area contributed by atoms with Crippen molar-refractivity contribution < 1.29 is 18.0 Å². The number of carbonyl (C=O) groups excluding carboxylic acids is 1. The number of para-hydroxylation sites is 1. The monoisotopic (exact) mass is 496 g/mol. The highest BCUT2D eigenvalue weighted by atomic mass is 19.4. The molecule has 0 saturated carbocycles. The second-order valence-corrected chi connectivity index (χ2v) is 8.80. The van der Waals surface area contributed by atoms with Crippen LogP contribution in [0.1, 0.15) is 43.0 Å². The highest BCUT2D eigenvalue weighted by Gasteiger charge is 2.37. The number of aryl methyl sites for hydroxylation is 2. The number of carbonyl (C=O) groups is 1. The van der Waals surface area contributed by atoms with E-state index in [0.717, 1.165) is 21.6 Å². The molecule has 0 unspecified atom stereocenters. The van der Waals surface area contributed by atoms with E-state index in [1.807, 2.05) is 68.4 Å². The first-order valence-corrected chi connectivity index (χ1v) is 11.6. The van der Waals surface area contributed by atoms with Gasteiger partial charge in [0.05, 0.1) is 0 Å². The number of rotatable bonds is 7. The molecule has 0 radical (unpaired) electrons. The van der Waals surface area contributed by atoms with E-state index >= 15 is 0 Å². The highest BCUT2D eigenvalue weighted by Crippen LogP contribution is 2.28. The minimum absolute atomic E-state index is 0.0853. The molecule has 4 rings (SSSR count). The number of aromatic nitrogens is 4. The van der Waals surface area contributed by atoms with Crippen LogP contribution in [0.4, 0.5) is 30.2 Å². The van der Waals surface area contributed by atoms with Crippen molar-refractivity contribution in [1.82, 2.24) is 19.6 Å². The van der Waals surface area contributed by atoms with E-state index in [1.54, 1.807) is 18.7 Å². The first-order valence-electron chi connectivity index (χ1n) is 11.6. The summed E-state index contributed by atoms with van der Waals surface area (Å²) < 4.78 is 40.2. The molecule has 0 aliphatic heterocycles. The number of hydrogen-bond donors (Lipinski definition) is 1. The van der Waals surface area contributed by atoms with Gasteiger partial charge in [-0.2, -0.15) is 18.2 Å². The molecule has 0 spiro atoms. The lowest BCUT2D eigenvalue weighted by atomic mass is 10.1. The van der Waals surface area contributed by atoms with Crippen molar-refractivity contribution in [2.75, 3.05) is 10.2 Å². The van der Waals surface area contributed by atoms with E-state index < -0.39 is 12.0 Å². The lowest BCUT2D eigenvalue weighted by Gasteiger charge is -2.27. The molecule has 0 fully saturated rings. The third-order valence-electron chi connectivity index (χ3n) is 5.88. The Balaban J connectivity index is 1.51. The summed E-state index contributed by atoms with van der Waals surface area (Å²) in [5.41, 5.74) is 4.33. The van der Waals surface area contributed by atoms with E-state index in [0.29, 0.717) is 23.4 Å². The van der Waals surface area contributed by atoms with E-state index in [9.17, 15) is 18.0 Å². The fraction of sp³-hybridized carbons (Fsp3) is 0.308. The fourth-order valence-electron chi connectivity index (χ4n) is 4.17. The minimum atomic E-state index is -4.66. The molecular formula is C26H27F3N6O. The Kier molecular flexibility index (Phi) is 6.96. The summed E-state index contributed by atoms with van der Waals surface area (Å²) in [7, 11) is 0. The van der Waals surface area contributed by atoms with Crippen LogP contribution >= 0.6 is 0 Å². The topological polar surface area (TPSA) is 75.4 Å². The summed E-state index contributed by atoms with van der Waals surface area (Å²) in [5.74, 6) is -1.44. The first-order chi connectivity index (χ1) is 17.0. The Bertz CT molecular complexity index is 1360. The van der Waals surface area contributed by atoms with Crippen LogP contribution in [0.2, 0.25) is 0 Å². The number of amides is 1. The summed E-state index contributed by atoms with van der Waals surface area (Å²) in [5, 5.41) is 6.90. The van der Waals surface area contributed by atoms with Crippen molar-refractivity contribution in [2.45, 2.75) is 52.8 Å². The van der Waals surface area contributed by atoms with Gasteiger partial charge in [-0.25, -0.2) is 9.50 Å². The molecule has 7 nitrogen and oxygen atoms in total. The zero-order valence-electron chi connectivity index (χ0n) is 20.5. The smallest absolute Gasteiger partial charge is 0.356 e. The number of benzene rings is 2. The molecule has 4 aromatic rings. The van der Waals surface area contributed by atoms with Crippen LogP contribution < -0.4 is 10.2 Å². The van der Waals surface area contributed by atoms with Crippen LogP contribution in [0.5, 0.6) is 0 Å². The molecular weight excluding hydrogens is 469 g/mol. The lowest BCUT2D eigenvalue weighted by molar-refractivity contribution is -0.144. The molecule has 2 heterocycles. The second-order valence-electron chi connectivity index (χ2n) is 8.80. The van der Waals surface area contributed by atoms with Crippen LogP contribution in [0.15, 0.2) is 54.6 Å². The molecule has 2 aromatic heterocycles. The largest absolute Gasteiger partial charge is 0.453 e. The van der Waals surface area contributed by atoms with Crippen LogP contribution in [0.25, 0.3) is 5.78 Å². The molecule has 0 atom stereocenters. The van der Waals surface area contributed by atoms with Crippen LogP contribution in [0.3, 0.4) is 0 Å². The molecule has 36 heavy (non-hydrogen) atoms. The van der Waals surface area contributed by atoms with Gasteiger partial charge in [-0.3, -0.25) is 4.79 Å². The van der Waals surface area contributed by atoms with E-state index in [2.05, 4.69) is 20.4 Å². The summed E-state index contributed by atoms with van der Waals surface area (Å²) in [4.78, 5) is 22.7. The van der Waals surface area contributed by atoms with E-state index in [1.165, 1.54) is 0 Å². The number of nitrogens with one attached hydrogen (secondary N) is 1. The van der Waals surface area contributed by atoms with Gasteiger partial charge in [0.2, 0.25) is 5.91 Å². The van der Waals surface area contributed by atoms with Gasteiger partial charge >= 0.3 is 6.18 Å². The number of fused-ring (bicyclic) bond motifs is 1. The fourth-order valence-corrected chi connectivity index (χ4v) is 4.17. The maximum Gasteiger partial charge on any atom is 0.453 e. The molecule has 0 aliphatic carbocycles. The molecule has 2 aromatic carbocycles. The van der Waals surface area contributed by atoms with Crippen molar-refractivity contribution in [2.24, 2.45) is 0 Å². The van der Waals surface area contributed by atoms with E-state index in [-0.39, 0.29) is 24.1 Å². The van der Waals surface area contributed by atoms with Crippen molar-refractivity contribution in [3.8, 4) is 0 Å². The zero-order valence-corrected chi connectivity index (χ0v) is 20.5. The van der Waals surface area contributed by atoms with Crippen molar-refractivity contribution in [3.05, 3.63) is 77.4 Å². The quantitative estimate of drug-likeness (QED) is 0.346. The highest BCUT2D eigenvalue weighted by molar-refractivity contribution is 5.94. The van der Waals surface area contributed by atoms with Crippen molar-refractivity contribution in [3.63, 3.8) is 0 Å². The summed E-state index contributed by atoms with van der Waals surface area (Å²) in [6.07, 6.45) is -4.18. The van der Waals surface area contributed by atoms with Gasteiger partial charge in [0, 0.05) is 40.9 Å². The zero-order chi connectivity index (χ0) is 26.0. The van der Waals surface area contributed by atoms with Crippen LogP contribution in [0, 0.1) is 13.8 Å². The molecule has 188 valence electrons. The Morgan fingerprint density at radius 3 is 2.25 bits per heavy atom. The Morgan fingerprint density at radius 1 is 1.00 bits per heavy atom. The lowest BCUT2D eigenvalue weighted by Crippen LogP contribution is -2.37. The SMILES string of the molecule is Cc1nc2nc(C(F)(F)F)nn2c(C)c1CCC(=O)N(c1ccc(Nc2ccccc2)cc1)C(C)C. The first kappa shape index (κ1) is 25.2. The van der Waals surface area contributed by atoms with Gasteiger partial charge in [-0.05, 0) is 76.1 Å². The molecule has 0 aliphatic rings. The average molecular weight is 497 g/mol. The van der Waals surface area contributed by atoms with Crippen molar-refractivity contribution >= 4 is 28.7 Å². The van der Waals surface area contributed by atoms with Crippen LogP contribution in [-0.4, -0.2) is 31.5 Å². The molecule has 1 N–H and O–H groups in total. The normalized spacial score (nSPS) is 11.8. The number of anilines is 3. The number of halogens is 3. The Labute approximate surface area is 207 Å². The average Bonchev–Trinajstić information content (AvgIpc) is 3.25. The standard InChI is InChI=1S/C26H27F3N6O/c1-16(2)34(21-12-10-20(11-13-21)31-19-8-6-5-7-9-19)23(36)15-14-22-17(3)30-25-32-24(26(27,28)29)33-35(25)18(22)4/h5-13,16,31H,14-15H2,1-4H3. The van der Waals surface area contributed by atoms with Crippen LogP contribution in [-0.2, 0) is 17.4 Å². The van der Waals surface area contributed by atoms with Gasteiger partial charge in [-0.15, -0.1) is 5.10 Å². The molecule has 0 saturated heterocycles. The maximum absolute atomic E-state index is 13.3. The molecule has 10 heteroatoms. The maximum atomic E-state index is 13.3. The summed E-state index contributed by atoms with van der Waals surface area (Å²) in [6, 6.07) is 17.3. The number of nitrogens with zero attached hydrogens (tertiary/aromatic N) is 5. The van der Waals surface area contributed by atoms with Crippen molar-refractivity contribution in [1.29, 1.82) is 0 Å². The van der Waals surface area contributed by atoms with Gasteiger partial charge < -0.3 is 10.2 Å². The van der Waals surface area contributed by atoms with Gasteiger partial charge in [-0.1, -0.05) is 18.2 Å². The number of hydrogen-bond acceptors (Lipinski definition) is 5. The Hall–Kier alpha value is -3.95. The minimum Gasteiger partial charge on any atom is -0.356 e. The second kappa shape index (κ2) is 9.96. The molecule has 0 bridgehead atoms. The number of alkyl halides is 3. The van der Waals surface area contributed by atoms with E-state index in [4.69, 9.17) is 0 Å². The predicted molar refractivity (Wildman–Crippen MR) is 132 cm³/mol. The Morgan fingerprint density at radius 2 is 1.64 bits per heavy atom. The van der Waals surface area contributed by atoms with Gasteiger partial charge in [0.15, 0.2) is 0 Å². The predicted octanol–water partition coefficient (Wildman–Crippen LogP) is 5.88.